The zero-order chi connectivity index (χ0) is 15.1. The summed E-state index contributed by atoms with van der Waals surface area (Å²) in [6.07, 6.45) is 11.7. The molecule has 0 aromatic rings. The Kier molecular flexibility index (Phi) is 6.75. The van der Waals surface area contributed by atoms with E-state index in [0.717, 1.165) is 44.5 Å². The number of unbranched alkanes of at least 4 members (excludes halogenated alkanes) is 4. The van der Waals surface area contributed by atoms with Gasteiger partial charge in [0.2, 0.25) is 0 Å². The third-order valence-corrected chi connectivity index (χ3v) is 4.86. The van der Waals surface area contributed by atoms with Crippen molar-refractivity contribution < 1.29 is 9.53 Å². The minimum absolute atomic E-state index is 0.376. The largest absolute Gasteiger partial charge is 0.383 e. The summed E-state index contributed by atoms with van der Waals surface area (Å²) in [6.45, 7) is 4.04. The molecule has 0 spiro atoms. The Hall–Kier alpha value is -0.830. The summed E-state index contributed by atoms with van der Waals surface area (Å²) in [5, 5.41) is 0. The Morgan fingerprint density at radius 1 is 1.19 bits per heavy atom. The van der Waals surface area contributed by atoms with E-state index in [4.69, 9.17) is 4.74 Å². The van der Waals surface area contributed by atoms with Gasteiger partial charge in [-0.15, -0.1) is 0 Å². The Labute approximate surface area is 129 Å². The van der Waals surface area contributed by atoms with Crippen LogP contribution >= 0.6 is 0 Å². The number of Topliss-reactive ketones (excluding diaryl/α,β-unsaturated/α-hetero) is 1. The highest BCUT2D eigenvalue weighted by Gasteiger charge is 2.34. The molecule has 0 radical (unpaired) electrons. The quantitative estimate of drug-likeness (QED) is 0.600. The Morgan fingerprint density at radius 3 is 2.76 bits per heavy atom. The zero-order valence-electron chi connectivity index (χ0n) is 13.8. The summed E-state index contributed by atoms with van der Waals surface area (Å²) in [6, 6.07) is 0.419. The normalized spacial score (nSPS) is 22.7. The van der Waals surface area contributed by atoms with Crippen molar-refractivity contribution in [2.24, 2.45) is 0 Å². The molecule has 1 unspecified atom stereocenters. The number of likely N-dealkylation sites (tertiary alicyclic amines) is 1. The minimum Gasteiger partial charge on any atom is -0.383 e. The molecule has 1 aliphatic heterocycles. The molecule has 1 saturated heterocycles. The number of allylic oxidation sites excluding steroid dienone is 2. The highest BCUT2D eigenvalue weighted by molar-refractivity contribution is 5.98. The van der Waals surface area contributed by atoms with E-state index in [1.807, 2.05) is 0 Å². The van der Waals surface area contributed by atoms with Gasteiger partial charge in [-0.05, 0) is 37.7 Å². The predicted octanol–water partition coefficient (Wildman–Crippen LogP) is 4.07. The second-order valence-corrected chi connectivity index (χ2v) is 6.48. The van der Waals surface area contributed by atoms with Gasteiger partial charge in [0.1, 0.15) is 0 Å². The van der Waals surface area contributed by atoms with Gasteiger partial charge in [0.05, 0.1) is 18.3 Å². The molecule has 3 heteroatoms. The molecule has 1 fully saturated rings. The monoisotopic (exact) mass is 293 g/mol. The fourth-order valence-electron chi connectivity index (χ4n) is 3.74. The number of ether oxygens (including phenoxy) is 1. The fourth-order valence-corrected chi connectivity index (χ4v) is 3.74. The minimum atomic E-state index is 0.376. The van der Waals surface area contributed by atoms with Gasteiger partial charge in [-0.1, -0.05) is 32.6 Å². The number of hydrogen-bond donors (Lipinski definition) is 0. The number of carbonyl (C=O) groups excluding carboxylic acids is 1. The zero-order valence-corrected chi connectivity index (χ0v) is 13.8. The number of hydrogen-bond acceptors (Lipinski definition) is 3. The van der Waals surface area contributed by atoms with Crippen LogP contribution in [0.1, 0.15) is 71.1 Å². The summed E-state index contributed by atoms with van der Waals surface area (Å²) >= 11 is 0. The van der Waals surface area contributed by atoms with Crippen molar-refractivity contribution in [2.75, 3.05) is 20.3 Å². The maximum Gasteiger partial charge on any atom is 0.179 e. The molecule has 0 aromatic heterocycles. The smallest absolute Gasteiger partial charge is 0.179 e. The van der Waals surface area contributed by atoms with Crippen molar-refractivity contribution in [3.05, 3.63) is 11.3 Å². The molecule has 0 aromatic carbocycles. The van der Waals surface area contributed by atoms with Crippen molar-refractivity contribution in [1.29, 1.82) is 0 Å². The van der Waals surface area contributed by atoms with Gasteiger partial charge in [0.25, 0.3) is 0 Å². The lowest BCUT2D eigenvalue weighted by Crippen LogP contribution is -2.34. The Balaban J connectivity index is 1.95. The first-order chi connectivity index (χ1) is 10.3. The van der Waals surface area contributed by atoms with Crippen LogP contribution in [0.25, 0.3) is 0 Å². The number of methoxy groups -OCH3 is 1. The number of nitrogens with zero attached hydrogens (tertiary/aromatic N) is 1. The first-order valence-electron chi connectivity index (χ1n) is 8.78. The van der Waals surface area contributed by atoms with Crippen molar-refractivity contribution in [1.82, 2.24) is 4.90 Å². The summed E-state index contributed by atoms with van der Waals surface area (Å²) in [7, 11) is 1.76. The SMILES string of the molecule is CCCCCCCC1=C(N2CCCC2COC)C(=O)CC1. The molecule has 21 heavy (non-hydrogen) atoms. The van der Waals surface area contributed by atoms with Crippen LogP contribution in [0.2, 0.25) is 0 Å². The third kappa shape index (κ3) is 4.32. The van der Waals surface area contributed by atoms with Crippen LogP contribution in [0.5, 0.6) is 0 Å². The van der Waals surface area contributed by atoms with Gasteiger partial charge in [-0.25, -0.2) is 0 Å². The van der Waals surface area contributed by atoms with E-state index in [-0.39, 0.29) is 0 Å². The first kappa shape index (κ1) is 16.5. The van der Waals surface area contributed by atoms with Gasteiger partial charge in [-0.3, -0.25) is 4.79 Å². The summed E-state index contributed by atoms with van der Waals surface area (Å²) in [5.74, 6) is 0.376. The molecule has 0 saturated carbocycles. The lowest BCUT2D eigenvalue weighted by atomic mass is 10.0. The summed E-state index contributed by atoms with van der Waals surface area (Å²) in [5.41, 5.74) is 2.50. The summed E-state index contributed by atoms with van der Waals surface area (Å²) < 4.78 is 5.34. The van der Waals surface area contributed by atoms with Crippen LogP contribution in [0.4, 0.5) is 0 Å². The number of carbonyl (C=O) groups is 1. The molecule has 1 aliphatic carbocycles. The van der Waals surface area contributed by atoms with E-state index in [1.165, 1.54) is 44.1 Å². The maximum atomic E-state index is 12.3. The van der Waals surface area contributed by atoms with Crippen LogP contribution in [-0.2, 0) is 9.53 Å². The van der Waals surface area contributed by atoms with E-state index < -0.39 is 0 Å². The number of ketones is 1. The third-order valence-electron chi connectivity index (χ3n) is 4.86. The molecule has 1 heterocycles. The topological polar surface area (TPSA) is 29.5 Å². The molecular formula is C18H31NO2. The van der Waals surface area contributed by atoms with Gasteiger partial charge in [0, 0.05) is 20.1 Å². The Morgan fingerprint density at radius 2 is 2.00 bits per heavy atom. The maximum absolute atomic E-state index is 12.3. The standard InChI is InChI=1S/C18H31NO2/c1-3-4-5-6-7-9-15-11-12-17(20)18(15)19-13-8-10-16(19)14-21-2/h16H,3-14H2,1-2H3. The summed E-state index contributed by atoms with van der Waals surface area (Å²) in [4.78, 5) is 14.7. The second kappa shape index (κ2) is 8.57. The van der Waals surface area contributed by atoms with Crippen LogP contribution < -0.4 is 0 Å². The highest BCUT2D eigenvalue weighted by atomic mass is 16.5. The predicted molar refractivity (Wildman–Crippen MR) is 86.2 cm³/mol. The van der Waals surface area contributed by atoms with Crippen LogP contribution in [0, 0.1) is 0 Å². The van der Waals surface area contributed by atoms with Crippen LogP contribution in [0.15, 0.2) is 11.3 Å². The van der Waals surface area contributed by atoms with E-state index in [1.54, 1.807) is 7.11 Å². The van der Waals surface area contributed by atoms with Crippen LogP contribution in [0.3, 0.4) is 0 Å². The molecule has 0 bridgehead atoms. The van der Waals surface area contributed by atoms with E-state index in [2.05, 4.69) is 11.8 Å². The van der Waals surface area contributed by atoms with Crippen molar-refractivity contribution in [3.63, 3.8) is 0 Å². The van der Waals surface area contributed by atoms with E-state index >= 15 is 0 Å². The van der Waals surface area contributed by atoms with Gasteiger partial charge in [-0.2, -0.15) is 0 Å². The second-order valence-electron chi connectivity index (χ2n) is 6.48. The molecule has 2 rings (SSSR count). The highest BCUT2D eigenvalue weighted by Crippen LogP contribution is 2.34. The Bertz CT molecular complexity index is 375. The van der Waals surface area contributed by atoms with Crippen molar-refractivity contribution in [2.45, 2.75) is 77.2 Å². The average molecular weight is 293 g/mol. The van der Waals surface area contributed by atoms with Crippen LogP contribution in [-0.4, -0.2) is 37.0 Å². The molecule has 2 aliphatic rings. The van der Waals surface area contributed by atoms with Crippen molar-refractivity contribution >= 4 is 5.78 Å². The molecule has 3 nitrogen and oxygen atoms in total. The molecule has 0 N–H and O–H groups in total. The first-order valence-corrected chi connectivity index (χ1v) is 8.78. The van der Waals surface area contributed by atoms with Gasteiger partial charge in [0.15, 0.2) is 5.78 Å². The molecule has 1 atom stereocenters. The van der Waals surface area contributed by atoms with E-state index in [0.29, 0.717) is 11.8 Å². The average Bonchev–Trinajstić information content (AvgIpc) is 3.06. The van der Waals surface area contributed by atoms with E-state index in [9.17, 15) is 4.79 Å². The molecule has 120 valence electrons. The lowest BCUT2D eigenvalue weighted by Gasteiger charge is -2.28. The molecular weight excluding hydrogens is 262 g/mol. The van der Waals surface area contributed by atoms with Gasteiger partial charge < -0.3 is 9.64 Å². The molecule has 0 amide bonds. The lowest BCUT2D eigenvalue weighted by molar-refractivity contribution is -0.116. The number of rotatable bonds is 9. The van der Waals surface area contributed by atoms with Crippen molar-refractivity contribution in [3.8, 4) is 0 Å². The fraction of sp³-hybridized carbons (Fsp3) is 0.833. The van der Waals surface area contributed by atoms with Gasteiger partial charge >= 0.3 is 0 Å².